The summed E-state index contributed by atoms with van der Waals surface area (Å²) in [6.07, 6.45) is 0. The van der Waals surface area contributed by atoms with Gasteiger partial charge in [0.15, 0.2) is 0 Å². The van der Waals surface area contributed by atoms with E-state index in [1.807, 2.05) is 0 Å². The Kier molecular flexibility index (Phi) is 4.26. The van der Waals surface area contributed by atoms with E-state index < -0.39 is 16.4 Å². The molecule has 0 fully saturated rings. The van der Waals surface area contributed by atoms with Crippen LogP contribution in [0, 0.1) is 10.1 Å². The van der Waals surface area contributed by atoms with Crippen LogP contribution in [0.5, 0.6) is 0 Å². The van der Waals surface area contributed by atoms with Gasteiger partial charge in [0.1, 0.15) is 0 Å². The lowest BCUT2D eigenvalue weighted by molar-refractivity contribution is -0.384. The molecule has 1 rings (SSSR count). The summed E-state index contributed by atoms with van der Waals surface area (Å²) in [5.41, 5.74) is -1.27. The first-order valence-electron chi connectivity index (χ1n) is 5.15. The third-order valence-corrected chi connectivity index (χ3v) is 2.42. The highest BCUT2D eigenvalue weighted by molar-refractivity contribution is 6.33. The molecule has 7 heteroatoms. The number of benzene rings is 1. The van der Waals surface area contributed by atoms with Crippen LogP contribution < -0.4 is 5.32 Å². The zero-order valence-corrected chi connectivity index (χ0v) is 10.7. The second-order valence-electron chi connectivity index (χ2n) is 4.42. The van der Waals surface area contributed by atoms with Gasteiger partial charge in [-0.05, 0) is 19.9 Å². The van der Waals surface area contributed by atoms with Gasteiger partial charge in [-0.3, -0.25) is 14.9 Å². The maximum atomic E-state index is 11.8. The van der Waals surface area contributed by atoms with Crippen LogP contribution in [0.3, 0.4) is 0 Å². The van der Waals surface area contributed by atoms with E-state index in [2.05, 4.69) is 5.32 Å². The molecule has 0 heterocycles. The van der Waals surface area contributed by atoms with Crippen molar-refractivity contribution in [3.05, 3.63) is 38.9 Å². The summed E-state index contributed by atoms with van der Waals surface area (Å²) in [5, 5.41) is 22.6. The molecule has 0 saturated carbocycles. The first kappa shape index (κ1) is 14.4. The van der Waals surface area contributed by atoms with Gasteiger partial charge in [-0.1, -0.05) is 11.6 Å². The number of nitrogens with one attached hydrogen (secondary N) is 1. The number of non-ortho nitro benzene ring substituents is 1. The Balaban J connectivity index is 2.91. The Morgan fingerprint density at radius 3 is 2.67 bits per heavy atom. The van der Waals surface area contributed by atoms with Crippen molar-refractivity contribution in [1.82, 2.24) is 5.32 Å². The largest absolute Gasteiger partial charge is 0.389 e. The number of nitrogens with zero attached hydrogens (tertiary/aromatic N) is 1. The van der Waals surface area contributed by atoms with Crippen molar-refractivity contribution in [2.45, 2.75) is 19.4 Å². The molecule has 1 aromatic carbocycles. The van der Waals surface area contributed by atoms with Crippen molar-refractivity contribution in [3.8, 4) is 0 Å². The fraction of sp³-hybridized carbons (Fsp3) is 0.364. The molecule has 18 heavy (non-hydrogen) atoms. The van der Waals surface area contributed by atoms with Gasteiger partial charge in [0.2, 0.25) is 0 Å². The number of carbonyl (C=O) groups excluding carboxylic acids is 1. The van der Waals surface area contributed by atoms with Crippen molar-refractivity contribution in [2.75, 3.05) is 6.54 Å². The highest BCUT2D eigenvalue weighted by Gasteiger charge is 2.18. The van der Waals surface area contributed by atoms with E-state index in [1.165, 1.54) is 26.0 Å². The van der Waals surface area contributed by atoms with E-state index in [9.17, 15) is 20.0 Å². The number of nitro groups is 1. The number of amides is 1. The Labute approximate surface area is 109 Å². The Morgan fingerprint density at radius 1 is 1.56 bits per heavy atom. The van der Waals surface area contributed by atoms with E-state index in [0.29, 0.717) is 0 Å². The highest BCUT2D eigenvalue weighted by atomic mass is 35.5. The molecular formula is C11H13ClN2O4. The van der Waals surface area contributed by atoms with Gasteiger partial charge >= 0.3 is 0 Å². The van der Waals surface area contributed by atoms with Crippen LogP contribution in [-0.4, -0.2) is 28.1 Å². The smallest absolute Gasteiger partial charge is 0.270 e. The normalized spacial score (nSPS) is 11.1. The monoisotopic (exact) mass is 272 g/mol. The number of carbonyl (C=O) groups is 1. The Hall–Kier alpha value is -1.66. The van der Waals surface area contributed by atoms with Gasteiger partial charge in [0, 0.05) is 18.7 Å². The molecule has 0 unspecified atom stereocenters. The number of hydrogen-bond donors (Lipinski definition) is 2. The molecule has 0 saturated heterocycles. The maximum Gasteiger partial charge on any atom is 0.270 e. The second kappa shape index (κ2) is 5.32. The fourth-order valence-corrected chi connectivity index (χ4v) is 1.40. The highest BCUT2D eigenvalue weighted by Crippen LogP contribution is 2.21. The lowest BCUT2D eigenvalue weighted by atomic mass is 10.1. The maximum absolute atomic E-state index is 11.8. The third-order valence-electron chi connectivity index (χ3n) is 2.09. The number of halogens is 1. The van der Waals surface area contributed by atoms with Gasteiger partial charge in [-0.2, -0.15) is 0 Å². The van der Waals surface area contributed by atoms with Gasteiger partial charge in [0.05, 0.1) is 21.1 Å². The number of nitro benzene ring substituents is 1. The molecular weight excluding hydrogens is 260 g/mol. The van der Waals surface area contributed by atoms with Crippen LogP contribution in [0.15, 0.2) is 18.2 Å². The summed E-state index contributed by atoms with van der Waals surface area (Å²) in [6, 6.07) is 3.61. The molecule has 0 aliphatic carbocycles. The van der Waals surface area contributed by atoms with Crippen molar-refractivity contribution in [1.29, 1.82) is 0 Å². The summed E-state index contributed by atoms with van der Waals surface area (Å²) in [5.74, 6) is -0.564. The SMILES string of the molecule is CC(C)(O)CNC(=O)c1cc([N+](=O)[O-])ccc1Cl. The number of aliphatic hydroxyl groups is 1. The van der Waals surface area contributed by atoms with Crippen LogP contribution >= 0.6 is 11.6 Å². The quantitative estimate of drug-likeness (QED) is 0.645. The summed E-state index contributed by atoms with van der Waals surface area (Å²) >= 11 is 5.80. The first-order valence-corrected chi connectivity index (χ1v) is 5.53. The molecule has 1 amide bonds. The summed E-state index contributed by atoms with van der Waals surface area (Å²) < 4.78 is 0. The molecule has 0 atom stereocenters. The topological polar surface area (TPSA) is 92.5 Å². The van der Waals surface area contributed by atoms with Gasteiger partial charge in [-0.25, -0.2) is 0 Å². The number of rotatable bonds is 4. The molecule has 0 aliphatic rings. The molecule has 1 aromatic rings. The van der Waals surface area contributed by atoms with E-state index >= 15 is 0 Å². The van der Waals surface area contributed by atoms with Crippen LogP contribution in [0.2, 0.25) is 5.02 Å². The molecule has 0 aromatic heterocycles. The van der Waals surface area contributed by atoms with E-state index in [1.54, 1.807) is 0 Å². The molecule has 0 spiro atoms. The van der Waals surface area contributed by atoms with Crippen molar-refractivity contribution in [2.24, 2.45) is 0 Å². The Morgan fingerprint density at radius 2 is 2.17 bits per heavy atom. The van der Waals surface area contributed by atoms with E-state index in [4.69, 9.17) is 11.6 Å². The van der Waals surface area contributed by atoms with Crippen molar-refractivity contribution in [3.63, 3.8) is 0 Å². The third kappa shape index (κ3) is 3.97. The summed E-state index contributed by atoms with van der Waals surface area (Å²) in [4.78, 5) is 21.7. The summed E-state index contributed by atoms with van der Waals surface area (Å²) in [7, 11) is 0. The first-order chi connectivity index (χ1) is 8.20. The summed E-state index contributed by atoms with van der Waals surface area (Å²) in [6.45, 7) is 3.08. The van der Waals surface area contributed by atoms with Gasteiger partial charge in [0.25, 0.3) is 11.6 Å². The minimum Gasteiger partial charge on any atom is -0.389 e. The lowest BCUT2D eigenvalue weighted by Gasteiger charge is -2.17. The van der Waals surface area contributed by atoms with Gasteiger partial charge < -0.3 is 10.4 Å². The van der Waals surface area contributed by atoms with E-state index in [0.717, 1.165) is 6.07 Å². The van der Waals surface area contributed by atoms with Crippen LogP contribution in [0.1, 0.15) is 24.2 Å². The average Bonchev–Trinajstić information content (AvgIpc) is 2.25. The standard InChI is InChI=1S/C11H13ClN2O4/c1-11(2,16)6-13-10(15)8-5-7(14(17)18)3-4-9(8)12/h3-5,16H,6H2,1-2H3,(H,13,15). The average molecular weight is 273 g/mol. The minimum absolute atomic E-state index is 0.00937. The molecule has 98 valence electrons. The second-order valence-corrected chi connectivity index (χ2v) is 4.82. The predicted octanol–water partition coefficient (Wildman–Crippen LogP) is 1.75. The molecule has 0 aliphatic heterocycles. The molecule has 6 nitrogen and oxygen atoms in total. The minimum atomic E-state index is -1.07. The molecule has 0 bridgehead atoms. The van der Waals surface area contributed by atoms with Crippen molar-refractivity contribution < 1.29 is 14.8 Å². The van der Waals surface area contributed by atoms with Crippen LogP contribution in [-0.2, 0) is 0 Å². The number of hydrogen-bond acceptors (Lipinski definition) is 4. The van der Waals surface area contributed by atoms with Crippen molar-refractivity contribution >= 4 is 23.2 Å². The predicted molar refractivity (Wildman–Crippen MR) is 66.7 cm³/mol. The molecule has 2 N–H and O–H groups in total. The Bertz CT molecular complexity index is 482. The zero-order valence-electron chi connectivity index (χ0n) is 9.94. The van der Waals surface area contributed by atoms with Crippen LogP contribution in [0.25, 0.3) is 0 Å². The van der Waals surface area contributed by atoms with Gasteiger partial charge in [-0.15, -0.1) is 0 Å². The lowest BCUT2D eigenvalue weighted by Crippen LogP contribution is -2.38. The zero-order chi connectivity index (χ0) is 13.9. The van der Waals surface area contributed by atoms with E-state index in [-0.39, 0.29) is 22.8 Å². The molecule has 0 radical (unpaired) electrons. The fourth-order valence-electron chi connectivity index (χ4n) is 1.19. The van der Waals surface area contributed by atoms with Crippen LogP contribution in [0.4, 0.5) is 5.69 Å².